The van der Waals surface area contributed by atoms with Crippen molar-refractivity contribution in [2.24, 2.45) is 5.10 Å². The summed E-state index contributed by atoms with van der Waals surface area (Å²) in [7, 11) is 0. The average molecular weight is 430 g/mol. The van der Waals surface area contributed by atoms with Gasteiger partial charge in [0, 0.05) is 22.6 Å². The Bertz CT molecular complexity index is 1190. The highest BCUT2D eigenvalue weighted by Gasteiger charge is 2.13. The molecule has 0 bridgehead atoms. The second-order valence-electron chi connectivity index (χ2n) is 7.07. The van der Waals surface area contributed by atoms with Gasteiger partial charge in [0.15, 0.2) is 0 Å². The molecule has 162 valence electrons. The first kappa shape index (κ1) is 22.2. The van der Waals surface area contributed by atoms with E-state index in [4.69, 9.17) is 0 Å². The van der Waals surface area contributed by atoms with Crippen LogP contribution in [0.1, 0.15) is 27.0 Å². The number of benzene rings is 3. The molecular formula is C24H22N4O4. The SMILES string of the molecule is Cc1ccc(NC(=O)C(=O)N/N=C\c2cc(C(=O)O)ccc2Nc2ccccc2C)cc1. The topological polar surface area (TPSA) is 120 Å². The molecule has 4 N–H and O–H groups in total. The average Bonchev–Trinajstić information content (AvgIpc) is 2.77. The van der Waals surface area contributed by atoms with Crippen LogP contribution in [-0.2, 0) is 9.59 Å². The summed E-state index contributed by atoms with van der Waals surface area (Å²) in [5, 5.41) is 18.8. The van der Waals surface area contributed by atoms with Crippen molar-refractivity contribution in [2.75, 3.05) is 10.6 Å². The fourth-order valence-electron chi connectivity index (χ4n) is 2.81. The molecule has 2 amide bonds. The minimum atomic E-state index is -1.09. The molecule has 8 nitrogen and oxygen atoms in total. The lowest BCUT2D eigenvalue weighted by molar-refractivity contribution is -0.136. The van der Waals surface area contributed by atoms with E-state index in [1.165, 1.54) is 18.3 Å². The third-order valence-electron chi connectivity index (χ3n) is 4.60. The van der Waals surface area contributed by atoms with Crippen LogP contribution in [0.4, 0.5) is 17.1 Å². The Balaban J connectivity index is 1.74. The molecule has 3 rings (SSSR count). The molecule has 32 heavy (non-hydrogen) atoms. The number of hydrogen-bond donors (Lipinski definition) is 4. The summed E-state index contributed by atoms with van der Waals surface area (Å²) in [6, 6.07) is 19.1. The van der Waals surface area contributed by atoms with Crippen molar-refractivity contribution in [2.45, 2.75) is 13.8 Å². The van der Waals surface area contributed by atoms with Crippen LogP contribution < -0.4 is 16.1 Å². The van der Waals surface area contributed by atoms with Gasteiger partial charge in [-0.3, -0.25) is 9.59 Å². The number of carboxylic acids is 1. The molecule has 0 atom stereocenters. The largest absolute Gasteiger partial charge is 0.478 e. The second-order valence-corrected chi connectivity index (χ2v) is 7.07. The van der Waals surface area contributed by atoms with Gasteiger partial charge in [-0.2, -0.15) is 5.10 Å². The predicted molar refractivity (Wildman–Crippen MR) is 123 cm³/mol. The molecule has 0 radical (unpaired) electrons. The maximum absolute atomic E-state index is 12.1. The van der Waals surface area contributed by atoms with Gasteiger partial charge in [-0.25, -0.2) is 10.2 Å². The van der Waals surface area contributed by atoms with E-state index in [9.17, 15) is 19.5 Å². The Hall–Kier alpha value is -4.46. The molecule has 8 heteroatoms. The highest BCUT2D eigenvalue weighted by atomic mass is 16.4. The molecule has 0 aliphatic heterocycles. The molecule has 0 aromatic heterocycles. The summed E-state index contributed by atoms with van der Waals surface area (Å²) in [5.74, 6) is -2.92. The van der Waals surface area contributed by atoms with Gasteiger partial charge >= 0.3 is 17.8 Å². The molecule has 0 heterocycles. The standard InChI is InChI=1S/C24H22N4O4/c1-15-7-10-19(11-8-15)26-22(29)23(30)28-25-14-18-13-17(24(31)32)9-12-21(18)27-20-6-4-3-5-16(20)2/h3-14,27H,1-2H3,(H,26,29)(H,28,30)(H,31,32)/b25-14-. The van der Waals surface area contributed by atoms with Crippen molar-refractivity contribution >= 4 is 41.1 Å². The summed E-state index contributed by atoms with van der Waals surface area (Å²) in [4.78, 5) is 35.5. The predicted octanol–water partition coefficient (Wildman–Crippen LogP) is 3.83. The summed E-state index contributed by atoms with van der Waals surface area (Å²) >= 11 is 0. The first-order chi connectivity index (χ1) is 15.3. The Morgan fingerprint density at radius 1 is 0.875 bits per heavy atom. The molecule has 0 saturated heterocycles. The van der Waals surface area contributed by atoms with E-state index in [-0.39, 0.29) is 5.56 Å². The molecule has 0 spiro atoms. The fraction of sp³-hybridized carbons (Fsp3) is 0.0833. The van der Waals surface area contributed by atoms with Crippen LogP contribution in [0.15, 0.2) is 71.8 Å². The van der Waals surface area contributed by atoms with E-state index in [2.05, 4.69) is 21.2 Å². The first-order valence-corrected chi connectivity index (χ1v) is 9.74. The Morgan fingerprint density at radius 2 is 1.59 bits per heavy atom. The number of aryl methyl sites for hydroxylation is 2. The van der Waals surface area contributed by atoms with E-state index in [0.717, 1.165) is 16.8 Å². The van der Waals surface area contributed by atoms with Crippen molar-refractivity contribution in [1.29, 1.82) is 0 Å². The second kappa shape index (κ2) is 10.0. The monoisotopic (exact) mass is 430 g/mol. The normalized spacial score (nSPS) is 10.6. The maximum Gasteiger partial charge on any atom is 0.335 e. The van der Waals surface area contributed by atoms with E-state index in [1.54, 1.807) is 18.2 Å². The molecule has 0 fully saturated rings. The molecule has 0 aliphatic carbocycles. The first-order valence-electron chi connectivity index (χ1n) is 9.74. The van der Waals surface area contributed by atoms with Crippen LogP contribution in [0.5, 0.6) is 0 Å². The Morgan fingerprint density at radius 3 is 2.28 bits per heavy atom. The van der Waals surface area contributed by atoms with Gasteiger partial charge in [-0.05, 0) is 55.8 Å². The number of nitrogens with one attached hydrogen (secondary N) is 3. The number of hydrazone groups is 1. The van der Waals surface area contributed by atoms with Crippen molar-refractivity contribution < 1.29 is 19.5 Å². The van der Waals surface area contributed by atoms with Crippen LogP contribution in [0.25, 0.3) is 0 Å². The van der Waals surface area contributed by atoms with E-state index in [1.807, 2.05) is 50.2 Å². The van der Waals surface area contributed by atoms with Gasteiger partial charge in [0.25, 0.3) is 0 Å². The van der Waals surface area contributed by atoms with Crippen molar-refractivity contribution in [3.8, 4) is 0 Å². The van der Waals surface area contributed by atoms with Crippen LogP contribution in [0, 0.1) is 13.8 Å². The zero-order valence-electron chi connectivity index (χ0n) is 17.5. The van der Waals surface area contributed by atoms with Gasteiger partial charge < -0.3 is 15.7 Å². The lowest BCUT2D eigenvalue weighted by atomic mass is 10.1. The number of amides is 2. The van der Waals surface area contributed by atoms with Crippen LogP contribution in [-0.4, -0.2) is 29.1 Å². The number of carbonyl (C=O) groups excluding carboxylic acids is 2. The molecule has 0 saturated carbocycles. The number of para-hydroxylation sites is 1. The number of carbonyl (C=O) groups is 3. The third-order valence-corrected chi connectivity index (χ3v) is 4.60. The minimum Gasteiger partial charge on any atom is -0.478 e. The van der Waals surface area contributed by atoms with Crippen molar-refractivity contribution in [3.05, 3.63) is 89.0 Å². The molecule has 3 aromatic carbocycles. The zero-order valence-corrected chi connectivity index (χ0v) is 17.5. The van der Waals surface area contributed by atoms with Gasteiger partial charge in [0.2, 0.25) is 0 Å². The van der Waals surface area contributed by atoms with Crippen LogP contribution >= 0.6 is 0 Å². The van der Waals surface area contributed by atoms with E-state index < -0.39 is 17.8 Å². The molecule has 3 aromatic rings. The quantitative estimate of drug-likeness (QED) is 0.269. The van der Waals surface area contributed by atoms with Gasteiger partial charge in [0.1, 0.15) is 0 Å². The molecular weight excluding hydrogens is 408 g/mol. The summed E-state index contributed by atoms with van der Waals surface area (Å²) in [5.41, 5.74) is 6.58. The zero-order chi connectivity index (χ0) is 23.1. The lowest BCUT2D eigenvalue weighted by Crippen LogP contribution is -2.32. The van der Waals surface area contributed by atoms with E-state index >= 15 is 0 Å². The highest BCUT2D eigenvalue weighted by molar-refractivity contribution is 6.39. The van der Waals surface area contributed by atoms with Gasteiger partial charge in [0.05, 0.1) is 11.8 Å². The van der Waals surface area contributed by atoms with Crippen LogP contribution in [0.3, 0.4) is 0 Å². The molecule has 0 aliphatic rings. The number of aromatic carboxylic acids is 1. The number of rotatable bonds is 6. The minimum absolute atomic E-state index is 0.0604. The fourth-order valence-corrected chi connectivity index (χ4v) is 2.81. The van der Waals surface area contributed by atoms with Crippen molar-refractivity contribution in [3.63, 3.8) is 0 Å². The summed E-state index contributed by atoms with van der Waals surface area (Å²) in [6.07, 6.45) is 1.28. The maximum atomic E-state index is 12.1. The summed E-state index contributed by atoms with van der Waals surface area (Å²) in [6.45, 7) is 3.85. The smallest absolute Gasteiger partial charge is 0.335 e. The number of anilines is 3. The third kappa shape index (κ3) is 5.79. The number of hydrogen-bond acceptors (Lipinski definition) is 5. The van der Waals surface area contributed by atoms with Crippen molar-refractivity contribution in [1.82, 2.24) is 5.43 Å². The highest BCUT2D eigenvalue weighted by Crippen LogP contribution is 2.23. The Kier molecular flexibility index (Phi) is 6.97. The molecule has 0 unspecified atom stereocenters. The number of nitrogens with zero attached hydrogens (tertiary/aromatic N) is 1. The van der Waals surface area contributed by atoms with Gasteiger partial charge in [-0.1, -0.05) is 35.9 Å². The van der Waals surface area contributed by atoms with Crippen LogP contribution in [0.2, 0.25) is 0 Å². The van der Waals surface area contributed by atoms with E-state index in [0.29, 0.717) is 16.9 Å². The number of carboxylic acid groups (broad SMARTS) is 1. The summed E-state index contributed by atoms with van der Waals surface area (Å²) < 4.78 is 0. The van der Waals surface area contributed by atoms with Gasteiger partial charge in [-0.15, -0.1) is 0 Å². The Labute approximate surface area is 185 Å². The lowest BCUT2D eigenvalue weighted by Gasteiger charge is -2.12.